The van der Waals surface area contributed by atoms with Crippen molar-refractivity contribution in [3.8, 4) is 0 Å². The molecule has 0 aliphatic rings. The molecule has 4 rings (SSSR count). The van der Waals surface area contributed by atoms with Gasteiger partial charge in [-0.15, -0.1) is 0 Å². The van der Waals surface area contributed by atoms with Gasteiger partial charge in [-0.05, 0) is 43.3 Å². The van der Waals surface area contributed by atoms with Crippen LogP contribution in [0.15, 0.2) is 40.6 Å². The molecule has 0 saturated carbocycles. The van der Waals surface area contributed by atoms with E-state index in [1.54, 1.807) is 6.20 Å². The molecule has 0 fully saturated rings. The van der Waals surface area contributed by atoms with Gasteiger partial charge >= 0.3 is 0 Å². The van der Waals surface area contributed by atoms with Gasteiger partial charge in [-0.25, -0.2) is 15.0 Å². The fourth-order valence-electron chi connectivity index (χ4n) is 2.50. The maximum absolute atomic E-state index is 6.09. The number of aryl methyl sites for hydroxylation is 2. The summed E-state index contributed by atoms with van der Waals surface area (Å²) in [5.74, 6) is 0.480. The van der Waals surface area contributed by atoms with Crippen molar-refractivity contribution in [3.05, 3.63) is 41.7 Å². The van der Waals surface area contributed by atoms with Crippen LogP contribution in [-0.4, -0.2) is 24.9 Å². The number of anilines is 1. The molecule has 7 heteroatoms. The smallest absolute Gasteiger partial charge is 0.197 e. The number of H-pyrrole nitrogens is 1. The van der Waals surface area contributed by atoms with Crippen molar-refractivity contribution in [2.45, 2.75) is 24.0 Å². The van der Waals surface area contributed by atoms with E-state index in [0.29, 0.717) is 11.0 Å². The van der Waals surface area contributed by atoms with Crippen molar-refractivity contribution in [1.82, 2.24) is 24.9 Å². The van der Waals surface area contributed by atoms with E-state index in [-0.39, 0.29) is 0 Å². The summed E-state index contributed by atoms with van der Waals surface area (Å²) in [5, 5.41) is 2.18. The molecular formula is C16H14N6S. The molecule has 1 aromatic carbocycles. The number of rotatable bonds is 2. The maximum atomic E-state index is 6.09. The number of nitrogens with one attached hydrogen (secondary N) is 1. The van der Waals surface area contributed by atoms with Gasteiger partial charge in [0.2, 0.25) is 0 Å². The molecule has 114 valence electrons. The summed E-state index contributed by atoms with van der Waals surface area (Å²) in [5.41, 5.74) is 10.7. The summed E-state index contributed by atoms with van der Waals surface area (Å²) in [6.07, 6.45) is 1.72. The zero-order chi connectivity index (χ0) is 16.0. The van der Waals surface area contributed by atoms with E-state index in [1.165, 1.54) is 11.8 Å². The molecule has 6 nitrogen and oxygen atoms in total. The van der Waals surface area contributed by atoms with Crippen molar-refractivity contribution in [3.63, 3.8) is 0 Å². The third-order valence-electron chi connectivity index (χ3n) is 3.78. The number of fused-ring (bicyclic) bond motifs is 2. The molecular weight excluding hydrogens is 308 g/mol. The number of benzene rings is 1. The number of nitrogens with two attached hydrogens (primary N) is 1. The minimum atomic E-state index is 0.480. The number of aromatic amines is 1. The Bertz CT molecular complexity index is 1040. The Labute approximate surface area is 136 Å². The number of aromatic nitrogens is 5. The van der Waals surface area contributed by atoms with Gasteiger partial charge < -0.3 is 10.7 Å². The molecule has 0 radical (unpaired) electrons. The summed E-state index contributed by atoms with van der Waals surface area (Å²) in [7, 11) is 0. The van der Waals surface area contributed by atoms with Crippen LogP contribution in [-0.2, 0) is 0 Å². The highest BCUT2D eigenvalue weighted by atomic mass is 32.2. The predicted octanol–water partition coefficient (Wildman–Crippen LogP) is 3.25. The van der Waals surface area contributed by atoms with Gasteiger partial charge in [-0.3, -0.25) is 4.98 Å². The fraction of sp³-hybridized carbons (Fsp3) is 0.125. The third-order valence-corrected chi connectivity index (χ3v) is 4.55. The Kier molecular flexibility index (Phi) is 3.16. The Morgan fingerprint density at radius 2 is 1.83 bits per heavy atom. The van der Waals surface area contributed by atoms with Crippen LogP contribution in [0.5, 0.6) is 0 Å². The minimum absolute atomic E-state index is 0.480. The highest BCUT2D eigenvalue weighted by molar-refractivity contribution is 7.99. The molecule has 3 N–H and O–H groups in total. The topological polar surface area (TPSA) is 93.4 Å². The van der Waals surface area contributed by atoms with Crippen LogP contribution in [0.3, 0.4) is 0 Å². The van der Waals surface area contributed by atoms with Crippen LogP contribution in [0.4, 0.5) is 5.82 Å². The molecule has 4 aromatic rings. The first-order valence-electron chi connectivity index (χ1n) is 7.14. The van der Waals surface area contributed by atoms with Gasteiger partial charge in [-0.1, -0.05) is 12.1 Å². The van der Waals surface area contributed by atoms with Crippen LogP contribution in [0.1, 0.15) is 11.3 Å². The summed E-state index contributed by atoms with van der Waals surface area (Å²) >= 11 is 1.35. The quantitative estimate of drug-likeness (QED) is 0.550. The first kappa shape index (κ1) is 14.0. The Hall–Kier alpha value is -2.67. The zero-order valence-electron chi connectivity index (χ0n) is 12.7. The lowest BCUT2D eigenvalue weighted by atomic mass is 10.2. The summed E-state index contributed by atoms with van der Waals surface area (Å²) in [4.78, 5) is 21.2. The highest BCUT2D eigenvalue weighted by Crippen LogP contribution is 2.29. The molecule has 0 amide bonds. The summed E-state index contributed by atoms with van der Waals surface area (Å²) < 4.78 is 0. The van der Waals surface area contributed by atoms with E-state index in [2.05, 4.69) is 24.9 Å². The number of para-hydroxylation sites is 2. The van der Waals surface area contributed by atoms with Crippen LogP contribution in [0, 0.1) is 13.8 Å². The second-order valence-electron chi connectivity index (χ2n) is 5.29. The molecule has 0 spiro atoms. The lowest BCUT2D eigenvalue weighted by Crippen LogP contribution is -1.97. The van der Waals surface area contributed by atoms with Crippen molar-refractivity contribution in [1.29, 1.82) is 0 Å². The molecule has 0 aliphatic carbocycles. The van der Waals surface area contributed by atoms with Crippen molar-refractivity contribution >= 4 is 39.6 Å². The van der Waals surface area contributed by atoms with Gasteiger partial charge in [0.25, 0.3) is 0 Å². The van der Waals surface area contributed by atoms with Crippen LogP contribution in [0.2, 0.25) is 0 Å². The zero-order valence-corrected chi connectivity index (χ0v) is 13.5. The van der Waals surface area contributed by atoms with Gasteiger partial charge in [0.05, 0.1) is 22.6 Å². The normalized spacial score (nSPS) is 11.4. The molecule has 0 bridgehead atoms. The molecule has 3 aromatic heterocycles. The Morgan fingerprint density at radius 3 is 2.65 bits per heavy atom. The Morgan fingerprint density at radius 1 is 1.04 bits per heavy atom. The van der Waals surface area contributed by atoms with Gasteiger partial charge in [0.1, 0.15) is 16.5 Å². The summed E-state index contributed by atoms with van der Waals surface area (Å²) in [6.45, 7) is 4.01. The average Bonchev–Trinajstić information content (AvgIpc) is 2.82. The van der Waals surface area contributed by atoms with E-state index in [0.717, 1.165) is 38.4 Å². The first-order chi connectivity index (χ1) is 11.1. The molecule has 0 saturated heterocycles. The third kappa shape index (κ3) is 2.39. The lowest BCUT2D eigenvalue weighted by molar-refractivity contribution is 0.990. The van der Waals surface area contributed by atoms with Gasteiger partial charge in [0, 0.05) is 5.69 Å². The molecule has 0 aliphatic heterocycles. The monoisotopic (exact) mass is 322 g/mol. The number of nitrogens with zero attached hydrogens (tertiary/aromatic N) is 4. The van der Waals surface area contributed by atoms with E-state index >= 15 is 0 Å². The van der Waals surface area contributed by atoms with Crippen molar-refractivity contribution in [2.24, 2.45) is 0 Å². The van der Waals surface area contributed by atoms with E-state index < -0.39 is 0 Å². The SMILES string of the molecule is Cc1[nH]c2nc(Sc3cnc4ccccc4n3)nc(N)c2c1C. The number of hydrogen-bond acceptors (Lipinski definition) is 6. The second-order valence-corrected chi connectivity index (χ2v) is 6.28. The highest BCUT2D eigenvalue weighted by Gasteiger charge is 2.13. The van der Waals surface area contributed by atoms with Gasteiger partial charge in [-0.2, -0.15) is 0 Å². The number of hydrogen-bond donors (Lipinski definition) is 2. The Balaban J connectivity index is 1.76. The van der Waals surface area contributed by atoms with Crippen LogP contribution in [0.25, 0.3) is 22.1 Å². The lowest BCUT2D eigenvalue weighted by Gasteiger charge is -2.03. The van der Waals surface area contributed by atoms with Crippen molar-refractivity contribution in [2.75, 3.05) is 5.73 Å². The largest absolute Gasteiger partial charge is 0.383 e. The molecule has 0 unspecified atom stereocenters. The van der Waals surface area contributed by atoms with Gasteiger partial charge in [0.15, 0.2) is 5.16 Å². The molecule has 0 atom stereocenters. The van der Waals surface area contributed by atoms with E-state index in [9.17, 15) is 0 Å². The molecule has 3 heterocycles. The van der Waals surface area contributed by atoms with Crippen LogP contribution >= 0.6 is 11.8 Å². The molecule has 23 heavy (non-hydrogen) atoms. The van der Waals surface area contributed by atoms with E-state index in [4.69, 9.17) is 5.73 Å². The fourth-order valence-corrected chi connectivity index (χ4v) is 3.22. The second kappa shape index (κ2) is 5.20. The summed E-state index contributed by atoms with van der Waals surface area (Å²) in [6, 6.07) is 7.75. The number of nitrogen functional groups attached to an aromatic ring is 1. The standard InChI is InChI=1S/C16H14N6S/c1-8-9(2)19-15-13(8)14(17)21-16(22-15)23-12-7-18-10-5-3-4-6-11(10)20-12/h3-7H,1-2H3,(H3,17,19,21,22). The minimum Gasteiger partial charge on any atom is -0.383 e. The van der Waals surface area contributed by atoms with Crippen molar-refractivity contribution < 1.29 is 0 Å². The van der Waals surface area contributed by atoms with E-state index in [1.807, 2.05) is 38.1 Å². The predicted molar refractivity (Wildman–Crippen MR) is 91.4 cm³/mol. The first-order valence-corrected chi connectivity index (χ1v) is 7.95. The van der Waals surface area contributed by atoms with Crippen LogP contribution < -0.4 is 5.73 Å². The maximum Gasteiger partial charge on any atom is 0.197 e. The average molecular weight is 322 g/mol.